The van der Waals surface area contributed by atoms with Gasteiger partial charge in [0.15, 0.2) is 0 Å². The zero-order valence-corrected chi connectivity index (χ0v) is 11.2. The van der Waals surface area contributed by atoms with Gasteiger partial charge in [0.1, 0.15) is 11.5 Å². The van der Waals surface area contributed by atoms with Gasteiger partial charge in [0, 0.05) is 0 Å². The van der Waals surface area contributed by atoms with Crippen LogP contribution in [0.4, 0.5) is 0 Å². The molecule has 4 nitrogen and oxygen atoms in total. The third-order valence-electron chi connectivity index (χ3n) is 2.59. The Kier molecular flexibility index (Phi) is 3.76. The van der Waals surface area contributed by atoms with Crippen LogP contribution in [0.25, 0.3) is 0 Å². The van der Waals surface area contributed by atoms with Crippen molar-refractivity contribution in [3.8, 4) is 11.5 Å². The molecular formula is C14H14O4S. The van der Waals surface area contributed by atoms with Crippen LogP contribution in [-0.4, -0.2) is 20.1 Å². The van der Waals surface area contributed by atoms with Crippen LogP contribution in [0.2, 0.25) is 0 Å². The molecule has 0 heterocycles. The molecule has 0 aromatic heterocycles. The van der Waals surface area contributed by atoms with Crippen LogP contribution in [0.15, 0.2) is 58.3 Å². The van der Waals surface area contributed by atoms with Gasteiger partial charge in [-0.15, -0.1) is 0 Å². The smallest absolute Gasteiger partial charge is 0.206 e. The van der Waals surface area contributed by atoms with Crippen LogP contribution in [0, 0.1) is 0 Å². The fraction of sp³-hybridized carbons (Fsp3) is 0.143. The number of benzene rings is 2. The molecule has 5 heteroatoms. The molecule has 2 aromatic rings. The minimum Gasteiger partial charge on any atom is -0.508 e. The highest BCUT2D eigenvalue weighted by molar-refractivity contribution is 7.91. The summed E-state index contributed by atoms with van der Waals surface area (Å²) in [6.07, 6.45) is 0. The zero-order chi connectivity index (χ0) is 13.9. The predicted octanol–water partition coefficient (Wildman–Crippen LogP) is 2.62. The largest absolute Gasteiger partial charge is 0.508 e. The van der Waals surface area contributed by atoms with E-state index in [0.717, 1.165) is 0 Å². The topological polar surface area (TPSA) is 63.6 Å². The number of sulfone groups is 1. The molecule has 2 rings (SSSR count). The maximum atomic E-state index is 12.3. The first-order chi connectivity index (χ1) is 9.04. The van der Waals surface area contributed by atoms with E-state index in [1.54, 1.807) is 12.1 Å². The quantitative estimate of drug-likeness (QED) is 0.933. The van der Waals surface area contributed by atoms with E-state index in [1.807, 2.05) is 6.92 Å². The van der Waals surface area contributed by atoms with Gasteiger partial charge < -0.3 is 9.84 Å². The van der Waals surface area contributed by atoms with E-state index >= 15 is 0 Å². The number of phenolic OH excluding ortho intramolecular Hbond substituents is 1. The summed E-state index contributed by atoms with van der Waals surface area (Å²) in [6, 6.07) is 11.7. The van der Waals surface area contributed by atoms with Crippen LogP contribution < -0.4 is 4.74 Å². The maximum Gasteiger partial charge on any atom is 0.206 e. The Morgan fingerprint density at radius 3 is 1.89 bits per heavy atom. The second kappa shape index (κ2) is 5.32. The highest BCUT2D eigenvalue weighted by Gasteiger charge is 2.17. The number of phenols is 1. The van der Waals surface area contributed by atoms with Crippen molar-refractivity contribution in [3.05, 3.63) is 48.5 Å². The van der Waals surface area contributed by atoms with E-state index < -0.39 is 9.84 Å². The maximum absolute atomic E-state index is 12.3. The molecule has 0 aliphatic carbocycles. The molecule has 0 fully saturated rings. The highest BCUT2D eigenvalue weighted by Crippen LogP contribution is 2.24. The number of rotatable bonds is 4. The van der Waals surface area contributed by atoms with Gasteiger partial charge in [0.2, 0.25) is 9.84 Å². The summed E-state index contributed by atoms with van der Waals surface area (Å²) in [5, 5.41) is 9.18. The fourth-order valence-electron chi connectivity index (χ4n) is 1.64. The summed E-state index contributed by atoms with van der Waals surface area (Å²) in [7, 11) is -3.55. The Bertz CT molecular complexity index is 643. The van der Waals surface area contributed by atoms with Crippen LogP contribution in [0.5, 0.6) is 11.5 Å². The first-order valence-electron chi connectivity index (χ1n) is 5.81. The molecule has 2 aromatic carbocycles. The molecule has 0 unspecified atom stereocenters. The van der Waals surface area contributed by atoms with Gasteiger partial charge >= 0.3 is 0 Å². The van der Waals surface area contributed by atoms with Crippen LogP contribution in [0.3, 0.4) is 0 Å². The number of aromatic hydroxyl groups is 1. The molecule has 0 radical (unpaired) electrons. The zero-order valence-electron chi connectivity index (χ0n) is 10.4. The van der Waals surface area contributed by atoms with Crippen molar-refractivity contribution in [3.63, 3.8) is 0 Å². The van der Waals surface area contributed by atoms with E-state index in [-0.39, 0.29) is 15.5 Å². The lowest BCUT2D eigenvalue weighted by atomic mass is 10.3. The molecular weight excluding hydrogens is 264 g/mol. The number of hydrogen-bond donors (Lipinski definition) is 1. The fourth-order valence-corrected chi connectivity index (χ4v) is 2.90. The molecule has 0 atom stereocenters. The van der Waals surface area contributed by atoms with Crippen molar-refractivity contribution < 1.29 is 18.3 Å². The van der Waals surface area contributed by atoms with Crippen LogP contribution in [-0.2, 0) is 9.84 Å². The molecule has 0 spiro atoms. The Morgan fingerprint density at radius 1 is 0.947 bits per heavy atom. The lowest BCUT2D eigenvalue weighted by Gasteiger charge is -2.06. The Hall–Kier alpha value is -2.01. The van der Waals surface area contributed by atoms with Crippen molar-refractivity contribution in [2.75, 3.05) is 6.61 Å². The van der Waals surface area contributed by atoms with Gasteiger partial charge in [0.05, 0.1) is 16.4 Å². The van der Waals surface area contributed by atoms with Crippen LogP contribution >= 0.6 is 0 Å². The Balaban J connectivity index is 2.36. The third kappa shape index (κ3) is 2.88. The summed E-state index contributed by atoms with van der Waals surface area (Å²) >= 11 is 0. The van der Waals surface area contributed by atoms with E-state index in [0.29, 0.717) is 12.4 Å². The lowest BCUT2D eigenvalue weighted by molar-refractivity contribution is 0.340. The third-order valence-corrected chi connectivity index (χ3v) is 4.38. The summed E-state index contributed by atoms with van der Waals surface area (Å²) in [4.78, 5) is 0.344. The Labute approximate surface area is 112 Å². The van der Waals surface area contributed by atoms with Gasteiger partial charge in [-0.1, -0.05) is 0 Å². The molecule has 0 saturated carbocycles. The summed E-state index contributed by atoms with van der Waals surface area (Å²) < 4.78 is 29.9. The Morgan fingerprint density at radius 2 is 1.42 bits per heavy atom. The van der Waals surface area contributed by atoms with Crippen molar-refractivity contribution >= 4 is 9.84 Å². The summed E-state index contributed by atoms with van der Waals surface area (Å²) in [5.74, 6) is 0.665. The molecule has 100 valence electrons. The first kappa shape index (κ1) is 13.4. The second-order valence-electron chi connectivity index (χ2n) is 3.90. The number of ether oxygens (including phenoxy) is 1. The summed E-state index contributed by atoms with van der Waals surface area (Å²) in [6.45, 7) is 2.39. The second-order valence-corrected chi connectivity index (χ2v) is 5.85. The highest BCUT2D eigenvalue weighted by atomic mass is 32.2. The minimum absolute atomic E-state index is 0.0330. The molecule has 1 N–H and O–H groups in total. The molecule has 0 bridgehead atoms. The number of hydrogen-bond acceptors (Lipinski definition) is 4. The first-order valence-corrected chi connectivity index (χ1v) is 7.29. The van der Waals surface area contributed by atoms with Crippen molar-refractivity contribution in [2.24, 2.45) is 0 Å². The van der Waals surface area contributed by atoms with Gasteiger partial charge in [-0.05, 0) is 55.5 Å². The lowest BCUT2D eigenvalue weighted by Crippen LogP contribution is -2.01. The van der Waals surface area contributed by atoms with E-state index in [2.05, 4.69) is 0 Å². The molecule has 0 aliphatic heterocycles. The average molecular weight is 278 g/mol. The molecule has 0 saturated heterocycles. The van der Waals surface area contributed by atoms with Crippen molar-refractivity contribution in [1.82, 2.24) is 0 Å². The standard InChI is InChI=1S/C14H14O4S/c1-2-18-12-5-9-14(10-6-12)19(16,17)13-7-3-11(15)4-8-13/h3-10,15H,2H2,1H3. The average Bonchev–Trinajstić information content (AvgIpc) is 2.40. The van der Waals surface area contributed by atoms with E-state index in [1.165, 1.54) is 36.4 Å². The monoisotopic (exact) mass is 278 g/mol. The van der Waals surface area contributed by atoms with E-state index in [4.69, 9.17) is 4.74 Å². The molecule has 0 amide bonds. The van der Waals surface area contributed by atoms with Gasteiger partial charge in [0.25, 0.3) is 0 Å². The summed E-state index contributed by atoms with van der Waals surface area (Å²) in [5.41, 5.74) is 0. The predicted molar refractivity (Wildman–Crippen MR) is 71.2 cm³/mol. The van der Waals surface area contributed by atoms with E-state index in [9.17, 15) is 13.5 Å². The van der Waals surface area contributed by atoms with Crippen LogP contribution in [0.1, 0.15) is 6.92 Å². The molecule has 19 heavy (non-hydrogen) atoms. The SMILES string of the molecule is CCOc1ccc(S(=O)(=O)c2ccc(O)cc2)cc1. The van der Waals surface area contributed by atoms with Gasteiger partial charge in [-0.3, -0.25) is 0 Å². The van der Waals surface area contributed by atoms with Crippen molar-refractivity contribution in [1.29, 1.82) is 0 Å². The van der Waals surface area contributed by atoms with Gasteiger partial charge in [-0.25, -0.2) is 8.42 Å². The van der Waals surface area contributed by atoms with Gasteiger partial charge in [-0.2, -0.15) is 0 Å². The normalized spacial score (nSPS) is 11.2. The van der Waals surface area contributed by atoms with Crippen molar-refractivity contribution in [2.45, 2.75) is 16.7 Å². The molecule has 0 aliphatic rings. The minimum atomic E-state index is -3.55.